The van der Waals surface area contributed by atoms with Crippen LogP contribution in [0.3, 0.4) is 0 Å². The molecule has 0 fully saturated rings. The van der Waals surface area contributed by atoms with Crippen LogP contribution < -0.4 is 0 Å². The minimum absolute atomic E-state index is 0.0902. The maximum absolute atomic E-state index is 11.5. The number of aliphatic hydroxyl groups is 3. The normalized spacial score (nSPS) is 15.5. The van der Waals surface area contributed by atoms with Crippen LogP contribution in [0.5, 0.6) is 0 Å². The smallest absolute Gasteiger partial charge is 0.338 e. The summed E-state index contributed by atoms with van der Waals surface area (Å²) in [6.45, 7) is -0.514. The zero-order chi connectivity index (χ0) is 13.5. The lowest BCUT2D eigenvalue weighted by Crippen LogP contribution is -2.41. The van der Waals surface area contributed by atoms with Crippen molar-refractivity contribution in [3.05, 3.63) is 35.9 Å². The first kappa shape index (κ1) is 14.3. The zero-order valence-corrected chi connectivity index (χ0v) is 9.47. The highest BCUT2D eigenvalue weighted by Gasteiger charge is 2.25. The van der Waals surface area contributed by atoms with E-state index in [1.54, 1.807) is 18.2 Å². The van der Waals surface area contributed by atoms with Gasteiger partial charge in [-0.25, -0.2) is 4.79 Å². The molecule has 0 saturated carbocycles. The lowest BCUT2D eigenvalue weighted by atomic mass is 10.1. The van der Waals surface area contributed by atoms with Crippen molar-refractivity contribution < 1.29 is 29.6 Å². The van der Waals surface area contributed by atoms with E-state index in [0.29, 0.717) is 5.56 Å². The van der Waals surface area contributed by atoms with Gasteiger partial charge in [-0.1, -0.05) is 18.2 Å². The predicted octanol–water partition coefficient (Wildman–Crippen LogP) is -0.875. The van der Waals surface area contributed by atoms with Gasteiger partial charge in [0, 0.05) is 0 Å². The third-order valence-corrected chi connectivity index (χ3v) is 2.28. The van der Waals surface area contributed by atoms with E-state index < -0.39 is 30.9 Å². The van der Waals surface area contributed by atoms with E-state index in [9.17, 15) is 19.8 Å². The fourth-order valence-corrected chi connectivity index (χ4v) is 1.23. The molecule has 18 heavy (non-hydrogen) atoms. The van der Waals surface area contributed by atoms with Crippen LogP contribution >= 0.6 is 0 Å². The molecular formula is C12H14O6. The highest BCUT2D eigenvalue weighted by Crippen LogP contribution is 2.04. The first-order valence-electron chi connectivity index (χ1n) is 5.28. The van der Waals surface area contributed by atoms with Crippen LogP contribution in [0.25, 0.3) is 0 Å². The molecule has 0 aliphatic rings. The second-order valence-electron chi connectivity index (χ2n) is 3.65. The lowest BCUT2D eigenvalue weighted by molar-refractivity contribution is -0.128. The maximum atomic E-state index is 11.5. The van der Waals surface area contributed by atoms with Crippen molar-refractivity contribution in [2.75, 3.05) is 6.61 Å². The molecule has 1 aromatic carbocycles. The number of carbonyl (C=O) groups excluding carboxylic acids is 2. The Morgan fingerprint density at radius 3 is 2.39 bits per heavy atom. The van der Waals surface area contributed by atoms with E-state index in [4.69, 9.17) is 9.84 Å². The van der Waals surface area contributed by atoms with Gasteiger partial charge >= 0.3 is 5.97 Å². The van der Waals surface area contributed by atoms with Gasteiger partial charge in [0.2, 0.25) is 0 Å². The summed E-state index contributed by atoms with van der Waals surface area (Å²) in [6, 6.07) is 8.10. The van der Waals surface area contributed by atoms with Crippen molar-refractivity contribution >= 4 is 12.3 Å². The van der Waals surface area contributed by atoms with Crippen molar-refractivity contribution in [2.45, 2.75) is 18.3 Å². The molecule has 0 aliphatic heterocycles. The number of rotatable bonds is 6. The molecular weight excluding hydrogens is 240 g/mol. The number of esters is 1. The van der Waals surface area contributed by atoms with Gasteiger partial charge in [0.25, 0.3) is 0 Å². The third kappa shape index (κ3) is 3.92. The van der Waals surface area contributed by atoms with Crippen LogP contribution in [0.15, 0.2) is 30.3 Å². The number of aliphatic hydroxyl groups excluding tert-OH is 3. The van der Waals surface area contributed by atoms with E-state index in [1.165, 1.54) is 12.1 Å². The minimum Gasteiger partial charge on any atom is -0.459 e. The van der Waals surface area contributed by atoms with Gasteiger partial charge in [0.05, 0.1) is 5.56 Å². The molecule has 0 bridgehead atoms. The van der Waals surface area contributed by atoms with Gasteiger partial charge in [-0.2, -0.15) is 0 Å². The Bertz CT molecular complexity index is 391. The van der Waals surface area contributed by atoms with E-state index in [1.807, 2.05) is 0 Å². The van der Waals surface area contributed by atoms with Gasteiger partial charge in [-0.15, -0.1) is 0 Å². The van der Waals surface area contributed by atoms with Crippen LogP contribution in [0.1, 0.15) is 10.4 Å². The summed E-state index contributed by atoms with van der Waals surface area (Å²) < 4.78 is 4.73. The van der Waals surface area contributed by atoms with Crippen LogP contribution in [-0.4, -0.2) is 52.5 Å². The van der Waals surface area contributed by atoms with Crippen molar-refractivity contribution in [3.63, 3.8) is 0 Å². The Morgan fingerprint density at radius 2 is 1.83 bits per heavy atom. The average molecular weight is 254 g/mol. The van der Waals surface area contributed by atoms with E-state index in [0.717, 1.165) is 0 Å². The standard InChI is InChI=1S/C12H14O6/c13-6-9(14)11(16)10(15)7-18-12(17)8-4-2-1-3-5-8/h1-6,9-11,14-16H,7H2/t9-,10-,11+/m0/s1. The molecule has 1 rings (SSSR count). The molecule has 0 aromatic heterocycles. The van der Waals surface area contributed by atoms with Crippen molar-refractivity contribution in [1.82, 2.24) is 0 Å². The van der Waals surface area contributed by atoms with Gasteiger partial charge in [0.15, 0.2) is 6.29 Å². The number of hydrogen-bond donors (Lipinski definition) is 3. The maximum Gasteiger partial charge on any atom is 0.338 e. The average Bonchev–Trinajstić information content (AvgIpc) is 2.43. The Kier molecular flexibility index (Phi) is 5.44. The molecule has 3 N–H and O–H groups in total. The Labute approximate surface area is 103 Å². The number of carbonyl (C=O) groups is 2. The molecule has 0 spiro atoms. The molecule has 0 unspecified atom stereocenters. The third-order valence-electron chi connectivity index (χ3n) is 2.28. The second kappa shape index (κ2) is 6.85. The first-order chi connectivity index (χ1) is 8.56. The predicted molar refractivity (Wildman–Crippen MR) is 60.8 cm³/mol. The first-order valence-corrected chi connectivity index (χ1v) is 5.28. The van der Waals surface area contributed by atoms with Crippen LogP contribution in [-0.2, 0) is 9.53 Å². The molecule has 6 heteroatoms. The number of benzene rings is 1. The SMILES string of the molecule is O=C[C@H](O)[C@@H](O)[C@@H](O)COC(=O)c1ccccc1. The fraction of sp³-hybridized carbons (Fsp3) is 0.333. The fourth-order valence-electron chi connectivity index (χ4n) is 1.23. The molecule has 0 amide bonds. The quantitative estimate of drug-likeness (QED) is 0.450. The molecule has 6 nitrogen and oxygen atoms in total. The number of hydrogen-bond acceptors (Lipinski definition) is 6. The van der Waals surface area contributed by atoms with Crippen LogP contribution in [0.4, 0.5) is 0 Å². The van der Waals surface area contributed by atoms with Gasteiger partial charge in [-0.05, 0) is 12.1 Å². The minimum atomic E-state index is -1.71. The summed E-state index contributed by atoms with van der Waals surface area (Å²) in [7, 11) is 0. The summed E-state index contributed by atoms with van der Waals surface area (Å²) in [4.78, 5) is 21.6. The van der Waals surface area contributed by atoms with Gasteiger partial charge in [0.1, 0.15) is 24.9 Å². The number of aldehydes is 1. The highest BCUT2D eigenvalue weighted by molar-refractivity contribution is 5.89. The van der Waals surface area contributed by atoms with Crippen LogP contribution in [0, 0.1) is 0 Å². The van der Waals surface area contributed by atoms with Crippen LogP contribution in [0.2, 0.25) is 0 Å². The van der Waals surface area contributed by atoms with E-state index in [2.05, 4.69) is 0 Å². The van der Waals surface area contributed by atoms with Gasteiger partial charge < -0.3 is 24.9 Å². The number of ether oxygens (including phenoxy) is 1. The van der Waals surface area contributed by atoms with Crippen molar-refractivity contribution in [1.29, 1.82) is 0 Å². The molecule has 0 radical (unpaired) electrons. The van der Waals surface area contributed by atoms with Gasteiger partial charge in [-0.3, -0.25) is 0 Å². The van der Waals surface area contributed by atoms with Crippen molar-refractivity contribution in [3.8, 4) is 0 Å². The summed E-state index contributed by atoms with van der Waals surface area (Å²) in [6.07, 6.45) is -4.84. The molecule has 0 aliphatic carbocycles. The zero-order valence-electron chi connectivity index (χ0n) is 9.47. The molecule has 98 valence electrons. The summed E-state index contributed by atoms with van der Waals surface area (Å²) in [5, 5.41) is 27.6. The lowest BCUT2D eigenvalue weighted by Gasteiger charge is -2.19. The Morgan fingerprint density at radius 1 is 1.22 bits per heavy atom. The molecule has 0 saturated heterocycles. The summed E-state index contributed by atoms with van der Waals surface area (Å²) >= 11 is 0. The van der Waals surface area contributed by atoms with Crippen molar-refractivity contribution in [2.24, 2.45) is 0 Å². The van der Waals surface area contributed by atoms with E-state index >= 15 is 0 Å². The Hall–Kier alpha value is -1.76. The van der Waals surface area contributed by atoms with E-state index in [-0.39, 0.29) is 6.29 Å². The summed E-state index contributed by atoms with van der Waals surface area (Å²) in [5.41, 5.74) is 0.301. The largest absolute Gasteiger partial charge is 0.459 e. The topological polar surface area (TPSA) is 104 Å². The molecule has 1 aromatic rings. The monoisotopic (exact) mass is 254 g/mol. The highest BCUT2D eigenvalue weighted by atomic mass is 16.5. The summed E-state index contributed by atoms with van der Waals surface area (Å²) in [5.74, 6) is -0.664. The Balaban J connectivity index is 2.46. The second-order valence-corrected chi connectivity index (χ2v) is 3.65. The molecule has 0 heterocycles. The molecule has 3 atom stereocenters.